The highest BCUT2D eigenvalue weighted by Crippen LogP contribution is 2.25. The second-order valence-electron chi connectivity index (χ2n) is 6.76. The van der Waals surface area contributed by atoms with Crippen LogP contribution in [0.25, 0.3) is 0 Å². The summed E-state index contributed by atoms with van der Waals surface area (Å²) in [6.07, 6.45) is 23.0. The van der Waals surface area contributed by atoms with Gasteiger partial charge >= 0.3 is 0 Å². The van der Waals surface area contributed by atoms with E-state index in [1.807, 2.05) is 0 Å². The third-order valence-corrected chi connectivity index (χ3v) is 4.68. The molecule has 0 radical (unpaired) electrons. The van der Waals surface area contributed by atoms with Crippen LogP contribution >= 0.6 is 0 Å². The predicted octanol–water partition coefficient (Wildman–Crippen LogP) is 5.27. The van der Waals surface area contributed by atoms with Crippen molar-refractivity contribution < 1.29 is 0 Å². The van der Waals surface area contributed by atoms with Crippen LogP contribution < -0.4 is 0 Å². The molecule has 3 rings (SSSR count). The molecule has 2 heteroatoms. The van der Waals surface area contributed by atoms with Gasteiger partial charge in [-0.2, -0.15) is 0 Å². The Morgan fingerprint density at radius 2 is 1.83 bits per heavy atom. The number of rotatable bonds is 0. The zero-order valence-electron chi connectivity index (χ0n) is 15.0. The van der Waals surface area contributed by atoms with Crippen molar-refractivity contribution >= 4 is 5.71 Å². The smallest absolute Gasteiger partial charge is 0.0796 e. The number of fused-ring (bicyclic) bond motifs is 3. The zero-order chi connectivity index (χ0) is 17.1. The summed E-state index contributed by atoms with van der Waals surface area (Å²) in [5.74, 6) is 0. The maximum atomic E-state index is 4.69. The van der Waals surface area contributed by atoms with Crippen molar-refractivity contribution in [1.82, 2.24) is 4.90 Å². The topological polar surface area (TPSA) is 15.6 Å². The van der Waals surface area contributed by atoms with Gasteiger partial charge in [-0.25, -0.2) is 4.99 Å². The van der Waals surface area contributed by atoms with Crippen molar-refractivity contribution in [3.05, 3.63) is 83.3 Å². The maximum absolute atomic E-state index is 4.69. The number of nitrogens with zero attached hydrogens (tertiary/aromatic N) is 2. The number of hydrogen-bond donors (Lipinski definition) is 0. The molecule has 0 aromatic carbocycles. The summed E-state index contributed by atoms with van der Waals surface area (Å²) in [6, 6.07) is 0.591. The van der Waals surface area contributed by atoms with Crippen LogP contribution in [0.1, 0.15) is 34.1 Å². The largest absolute Gasteiger partial charge is 0.363 e. The van der Waals surface area contributed by atoms with Gasteiger partial charge in [0, 0.05) is 12.2 Å². The molecule has 0 amide bonds. The summed E-state index contributed by atoms with van der Waals surface area (Å²) in [5, 5.41) is 0. The minimum Gasteiger partial charge on any atom is -0.363 e. The molecule has 4 bridgehead atoms. The van der Waals surface area contributed by atoms with Crippen molar-refractivity contribution in [2.75, 3.05) is 0 Å². The van der Waals surface area contributed by atoms with Gasteiger partial charge in [0.05, 0.1) is 17.5 Å². The van der Waals surface area contributed by atoms with Crippen molar-refractivity contribution in [2.45, 2.75) is 46.2 Å². The van der Waals surface area contributed by atoms with Crippen LogP contribution in [-0.2, 0) is 0 Å². The molecule has 2 atom stereocenters. The quantitative estimate of drug-likeness (QED) is 0.594. The summed E-state index contributed by atoms with van der Waals surface area (Å²) < 4.78 is 0. The average molecular weight is 318 g/mol. The van der Waals surface area contributed by atoms with Gasteiger partial charge in [-0.3, -0.25) is 0 Å². The van der Waals surface area contributed by atoms with Gasteiger partial charge < -0.3 is 4.90 Å². The van der Waals surface area contributed by atoms with Gasteiger partial charge in [0.1, 0.15) is 0 Å². The standard InChI is InChI=1S/C22H26N2/c1-16-7-5-6-8-17(2)13-18(3)24-15-22-12-11-21(23-22)14-20(10-9-16)19(24)4/h6-15,18-19H,5H2,1-4H3/b8-6-,10-9-,16-7-,17-13+,20-14+,22-15-. The SMILES string of the molecule is CC1=C/C/C=C\C(C)=C\C(C)N2/C=C3/C=CC(=N3)\C=C(/C=C\1)C2C. The zero-order valence-corrected chi connectivity index (χ0v) is 15.0. The maximum Gasteiger partial charge on any atom is 0.0796 e. The third-order valence-electron chi connectivity index (χ3n) is 4.68. The Bertz CT molecular complexity index is 751. The molecule has 0 fully saturated rings. The van der Waals surface area contributed by atoms with Crippen LogP contribution in [0, 0.1) is 0 Å². The first-order valence-corrected chi connectivity index (χ1v) is 8.70. The van der Waals surface area contributed by atoms with Crippen LogP contribution in [0.15, 0.2) is 88.3 Å². The van der Waals surface area contributed by atoms with Crippen molar-refractivity contribution in [3.8, 4) is 0 Å². The second-order valence-corrected chi connectivity index (χ2v) is 6.76. The fourth-order valence-corrected chi connectivity index (χ4v) is 3.26. The lowest BCUT2D eigenvalue weighted by Crippen LogP contribution is -2.36. The number of hydrogen-bond acceptors (Lipinski definition) is 2. The molecular formula is C22H26N2. The molecule has 124 valence electrons. The van der Waals surface area contributed by atoms with E-state index in [1.54, 1.807) is 0 Å². The Kier molecular flexibility index (Phi) is 4.84. The van der Waals surface area contributed by atoms with E-state index in [2.05, 4.69) is 98.5 Å². The van der Waals surface area contributed by atoms with E-state index in [9.17, 15) is 0 Å². The van der Waals surface area contributed by atoms with E-state index < -0.39 is 0 Å². The molecule has 0 saturated heterocycles. The fourth-order valence-electron chi connectivity index (χ4n) is 3.26. The van der Waals surface area contributed by atoms with Crippen LogP contribution in [0.3, 0.4) is 0 Å². The van der Waals surface area contributed by atoms with Gasteiger partial charge in [-0.1, -0.05) is 47.6 Å². The van der Waals surface area contributed by atoms with Gasteiger partial charge in [0.15, 0.2) is 0 Å². The van der Waals surface area contributed by atoms with E-state index in [-0.39, 0.29) is 0 Å². The Morgan fingerprint density at radius 3 is 2.67 bits per heavy atom. The highest BCUT2D eigenvalue weighted by atomic mass is 15.2. The summed E-state index contributed by atoms with van der Waals surface area (Å²) in [7, 11) is 0. The first-order chi connectivity index (χ1) is 11.5. The lowest BCUT2D eigenvalue weighted by Gasteiger charge is -2.34. The molecule has 24 heavy (non-hydrogen) atoms. The molecule has 0 aromatic heterocycles. The van der Waals surface area contributed by atoms with E-state index in [1.165, 1.54) is 16.7 Å². The fraction of sp³-hybridized carbons (Fsp3) is 0.318. The molecular weight excluding hydrogens is 292 g/mol. The second kappa shape index (κ2) is 7.04. The summed E-state index contributed by atoms with van der Waals surface area (Å²) in [5.41, 5.74) is 5.94. The normalized spacial score (nSPS) is 38.2. The molecule has 0 saturated carbocycles. The summed E-state index contributed by atoms with van der Waals surface area (Å²) >= 11 is 0. The van der Waals surface area contributed by atoms with E-state index >= 15 is 0 Å². The summed E-state index contributed by atoms with van der Waals surface area (Å²) in [4.78, 5) is 7.09. The third kappa shape index (κ3) is 3.76. The van der Waals surface area contributed by atoms with Gasteiger partial charge in [0.25, 0.3) is 0 Å². The van der Waals surface area contributed by atoms with Crippen molar-refractivity contribution in [3.63, 3.8) is 0 Å². The Balaban J connectivity index is 2.10. The molecule has 0 aliphatic carbocycles. The number of allylic oxidation sites excluding steroid dienone is 9. The molecule has 2 nitrogen and oxygen atoms in total. The van der Waals surface area contributed by atoms with Gasteiger partial charge in [-0.15, -0.1) is 0 Å². The predicted molar refractivity (Wildman–Crippen MR) is 104 cm³/mol. The minimum atomic E-state index is 0.290. The summed E-state index contributed by atoms with van der Waals surface area (Å²) in [6.45, 7) is 8.85. The Morgan fingerprint density at radius 1 is 1.00 bits per heavy atom. The van der Waals surface area contributed by atoms with Crippen molar-refractivity contribution in [1.29, 1.82) is 0 Å². The molecule has 3 heterocycles. The van der Waals surface area contributed by atoms with Gasteiger partial charge in [0.2, 0.25) is 0 Å². The first-order valence-electron chi connectivity index (χ1n) is 8.70. The highest BCUT2D eigenvalue weighted by molar-refractivity contribution is 6.07. The monoisotopic (exact) mass is 318 g/mol. The molecule has 3 aliphatic rings. The van der Waals surface area contributed by atoms with Crippen LogP contribution in [-0.4, -0.2) is 22.7 Å². The molecule has 0 N–H and O–H groups in total. The average Bonchev–Trinajstić information content (AvgIpc) is 2.99. The van der Waals surface area contributed by atoms with Crippen LogP contribution in [0.2, 0.25) is 0 Å². The minimum absolute atomic E-state index is 0.290. The highest BCUT2D eigenvalue weighted by Gasteiger charge is 2.22. The lowest BCUT2D eigenvalue weighted by atomic mass is 10.0. The number of aliphatic imine (C=N–C) groups is 1. The van der Waals surface area contributed by atoms with Gasteiger partial charge in [-0.05, 0) is 57.9 Å². The molecule has 2 unspecified atom stereocenters. The van der Waals surface area contributed by atoms with E-state index in [0.29, 0.717) is 12.1 Å². The van der Waals surface area contributed by atoms with E-state index in [4.69, 9.17) is 0 Å². The molecule has 0 spiro atoms. The van der Waals surface area contributed by atoms with Crippen molar-refractivity contribution in [2.24, 2.45) is 4.99 Å². The first kappa shape index (κ1) is 16.5. The van der Waals surface area contributed by atoms with E-state index in [0.717, 1.165) is 17.8 Å². The van der Waals surface area contributed by atoms with Crippen LogP contribution in [0.4, 0.5) is 0 Å². The lowest BCUT2D eigenvalue weighted by molar-refractivity contribution is 0.290. The Hall–Kier alpha value is -2.35. The Labute approximate surface area is 145 Å². The molecule has 0 aromatic rings. The molecule has 3 aliphatic heterocycles. The van der Waals surface area contributed by atoms with Crippen LogP contribution in [0.5, 0.6) is 0 Å².